The number of esters is 2. The largest absolute Gasteiger partial charge is 0.464 e. The molecule has 10 nitrogen and oxygen atoms in total. The van der Waals surface area contributed by atoms with Gasteiger partial charge in [0, 0.05) is 24.6 Å². The third kappa shape index (κ3) is 5.02. The van der Waals surface area contributed by atoms with E-state index in [1.165, 1.54) is 30.3 Å². The Bertz CT molecular complexity index is 915. The molecular formula is C20H22N2O8. The Morgan fingerprint density at radius 3 is 2.07 bits per heavy atom. The number of nitrogens with zero attached hydrogens (tertiary/aromatic N) is 1. The minimum atomic E-state index is -2.11. The number of carbonyl (C=O) groups is 3. The van der Waals surface area contributed by atoms with Gasteiger partial charge in [-0.25, -0.2) is 9.59 Å². The van der Waals surface area contributed by atoms with Crippen molar-refractivity contribution < 1.29 is 33.2 Å². The van der Waals surface area contributed by atoms with E-state index in [0.29, 0.717) is 11.3 Å². The standard InChI is InChI=1S/C20H22N2O8/c1-4-28-18(24)20(21-13(3)23,19(25)29-5-2)12-16-10-11-17(30-16)14-6-8-15(9-7-14)22(26)27/h6-11H,4-5,12H2,1-3H3,(H,21,23). The maximum atomic E-state index is 12.7. The Kier molecular flexibility index (Phi) is 7.29. The summed E-state index contributed by atoms with van der Waals surface area (Å²) < 4.78 is 15.8. The fourth-order valence-electron chi connectivity index (χ4n) is 2.82. The highest BCUT2D eigenvalue weighted by Crippen LogP contribution is 2.27. The molecular weight excluding hydrogens is 396 g/mol. The van der Waals surface area contributed by atoms with Crippen LogP contribution in [-0.4, -0.2) is 41.5 Å². The molecule has 0 atom stereocenters. The molecule has 2 rings (SSSR count). The van der Waals surface area contributed by atoms with Crippen molar-refractivity contribution >= 4 is 23.5 Å². The van der Waals surface area contributed by atoms with E-state index in [4.69, 9.17) is 13.9 Å². The molecule has 0 saturated heterocycles. The minimum Gasteiger partial charge on any atom is -0.464 e. The summed E-state index contributed by atoms with van der Waals surface area (Å²) in [6, 6.07) is 8.81. The van der Waals surface area contributed by atoms with Crippen LogP contribution in [0.1, 0.15) is 26.5 Å². The molecule has 0 aliphatic rings. The van der Waals surface area contributed by atoms with Gasteiger partial charge in [0.1, 0.15) is 11.5 Å². The fraction of sp³-hybridized carbons (Fsp3) is 0.350. The summed E-state index contributed by atoms with van der Waals surface area (Å²) in [6.07, 6.45) is -0.336. The molecule has 0 spiro atoms. The zero-order chi connectivity index (χ0) is 22.3. The average molecular weight is 418 g/mol. The highest BCUT2D eigenvalue weighted by atomic mass is 16.6. The molecule has 0 radical (unpaired) electrons. The smallest absolute Gasteiger partial charge is 0.344 e. The summed E-state index contributed by atoms with van der Waals surface area (Å²) in [5.74, 6) is -1.99. The number of rotatable bonds is 9. The predicted octanol–water partition coefficient (Wildman–Crippen LogP) is 2.40. The quantitative estimate of drug-likeness (QED) is 0.283. The van der Waals surface area contributed by atoms with E-state index in [2.05, 4.69) is 5.32 Å². The van der Waals surface area contributed by atoms with Gasteiger partial charge in [0.25, 0.3) is 5.69 Å². The minimum absolute atomic E-state index is 0.00816. The van der Waals surface area contributed by atoms with E-state index in [1.54, 1.807) is 19.9 Å². The molecule has 0 bridgehead atoms. The van der Waals surface area contributed by atoms with Crippen molar-refractivity contribution in [2.75, 3.05) is 13.2 Å². The highest BCUT2D eigenvalue weighted by Gasteiger charge is 2.51. The number of carbonyl (C=O) groups excluding carboxylic acids is 3. The number of nitro benzene ring substituents is 1. The molecule has 10 heteroatoms. The van der Waals surface area contributed by atoms with Crippen LogP contribution >= 0.6 is 0 Å². The molecule has 1 aromatic heterocycles. The number of nitro groups is 1. The Morgan fingerprint density at radius 1 is 1.03 bits per heavy atom. The van der Waals surface area contributed by atoms with Crippen LogP contribution in [0, 0.1) is 10.1 Å². The summed E-state index contributed by atoms with van der Waals surface area (Å²) in [4.78, 5) is 47.4. The fourth-order valence-corrected chi connectivity index (χ4v) is 2.82. The topological polar surface area (TPSA) is 138 Å². The van der Waals surface area contributed by atoms with E-state index < -0.39 is 28.3 Å². The second-order valence-electron chi connectivity index (χ2n) is 6.27. The van der Waals surface area contributed by atoms with Crippen molar-refractivity contribution in [2.24, 2.45) is 0 Å². The Labute approximate surface area is 172 Å². The first-order valence-electron chi connectivity index (χ1n) is 9.20. The molecule has 0 aliphatic carbocycles. The van der Waals surface area contributed by atoms with Gasteiger partial charge in [-0.15, -0.1) is 0 Å². The summed E-state index contributed by atoms with van der Waals surface area (Å²) >= 11 is 0. The summed E-state index contributed by atoms with van der Waals surface area (Å²) in [7, 11) is 0. The van der Waals surface area contributed by atoms with Crippen molar-refractivity contribution in [1.82, 2.24) is 5.32 Å². The maximum Gasteiger partial charge on any atom is 0.344 e. The average Bonchev–Trinajstić information content (AvgIpc) is 3.15. The van der Waals surface area contributed by atoms with Gasteiger partial charge in [0.05, 0.1) is 24.6 Å². The molecule has 0 fully saturated rings. The lowest BCUT2D eigenvalue weighted by molar-refractivity contribution is -0.384. The lowest BCUT2D eigenvalue weighted by Gasteiger charge is -2.28. The molecule has 0 aliphatic heterocycles. The van der Waals surface area contributed by atoms with Crippen LogP contribution in [0.3, 0.4) is 0 Å². The molecule has 1 amide bonds. The molecule has 1 aromatic carbocycles. The van der Waals surface area contributed by atoms with Crippen molar-refractivity contribution in [2.45, 2.75) is 32.7 Å². The van der Waals surface area contributed by atoms with Gasteiger partial charge in [-0.05, 0) is 38.1 Å². The van der Waals surface area contributed by atoms with E-state index in [-0.39, 0.29) is 31.1 Å². The SMILES string of the molecule is CCOC(=O)C(Cc1ccc(-c2ccc([N+](=O)[O-])cc2)o1)(NC(C)=O)C(=O)OCC. The second-order valence-corrected chi connectivity index (χ2v) is 6.27. The van der Waals surface area contributed by atoms with E-state index >= 15 is 0 Å². The van der Waals surface area contributed by atoms with E-state index in [9.17, 15) is 24.5 Å². The van der Waals surface area contributed by atoms with E-state index in [1.807, 2.05) is 0 Å². The van der Waals surface area contributed by atoms with Gasteiger partial charge in [-0.3, -0.25) is 14.9 Å². The zero-order valence-corrected chi connectivity index (χ0v) is 16.8. The van der Waals surface area contributed by atoms with Crippen LogP contribution in [0.5, 0.6) is 0 Å². The first kappa shape index (κ1) is 22.6. The summed E-state index contributed by atoms with van der Waals surface area (Å²) in [5, 5.41) is 13.1. The van der Waals surface area contributed by atoms with Crippen molar-refractivity contribution in [3.05, 3.63) is 52.3 Å². The first-order valence-corrected chi connectivity index (χ1v) is 9.20. The number of hydrogen-bond acceptors (Lipinski definition) is 8. The lowest BCUT2D eigenvalue weighted by Crippen LogP contribution is -2.62. The van der Waals surface area contributed by atoms with Crippen molar-refractivity contribution in [1.29, 1.82) is 0 Å². The van der Waals surface area contributed by atoms with Gasteiger partial charge in [0.2, 0.25) is 11.4 Å². The Morgan fingerprint density at radius 2 is 1.60 bits per heavy atom. The molecule has 30 heavy (non-hydrogen) atoms. The number of ether oxygens (including phenoxy) is 2. The molecule has 1 heterocycles. The Hall–Kier alpha value is -3.69. The second kappa shape index (κ2) is 9.68. The monoisotopic (exact) mass is 418 g/mol. The van der Waals surface area contributed by atoms with Gasteiger partial charge in [-0.2, -0.15) is 0 Å². The van der Waals surface area contributed by atoms with Crippen LogP contribution in [0.4, 0.5) is 5.69 Å². The number of hydrogen-bond donors (Lipinski definition) is 1. The number of non-ortho nitro benzene ring substituents is 1. The normalized spacial score (nSPS) is 10.9. The van der Waals surface area contributed by atoms with Crippen LogP contribution < -0.4 is 5.32 Å². The number of nitrogens with one attached hydrogen (secondary N) is 1. The maximum absolute atomic E-state index is 12.7. The molecule has 0 unspecified atom stereocenters. The van der Waals surface area contributed by atoms with Crippen LogP contribution in [0.2, 0.25) is 0 Å². The van der Waals surface area contributed by atoms with Crippen LogP contribution in [0.25, 0.3) is 11.3 Å². The third-order valence-electron chi connectivity index (χ3n) is 4.10. The molecule has 0 saturated carbocycles. The van der Waals surface area contributed by atoms with Gasteiger partial charge in [-0.1, -0.05) is 0 Å². The van der Waals surface area contributed by atoms with E-state index in [0.717, 1.165) is 6.92 Å². The van der Waals surface area contributed by atoms with Crippen LogP contribution in [0.15, 0.2) is 40.8 Å². The van der Waals surface area contributed by atoms with Gasteiger partial charge < -0.3 is 19.2 Å². The first-order chi connectivity index (χ1) is 14.2. The highest BCUT2D eigenvalue weighted by molar-refractivity contribution is 6.08. The molecule has 2 aromatic rings. The summed E-state index contributed by atoms with van der Waals surface area (Å²) in [6.45, 7) is 4.29. The number of benzene rings is 1. The molecule has 1 N–H and O–H groups in total. The number of furan rings is 1. The Balaban J connectivity index is 2.39. The van der Waals surface area contributed by atoms with Crippen molar-refractivity contribution in [3.8, 4) is 11.3 Å². The van der Waals surface area contributed by atoms with Crippen molar-refractivity contribution in [3.63, 3.8) is 0 Å². The third-order valence-corrected chi connectivity index (χ3v) is 4.10. The summed E-state index contributed by atoms with van der Waals surface area (Å²) in [5.41, 5.74) is -1.62. The van der Waals surface area contributed by atoms with Gasteiger partial charge >= 0.3 is 11.9 Å². The van der Waals surface area contributed by atoms with Gasteiger partial charge in [0.15, 0.2) is 0 Å². The number of amides is 1. The lowest BCUT2D eigenvalue weighted by atomic mass is 9.93. The predicted molar refractivity (Wildman–Crippen MR) is 104 cm³/mol. The molecule has 160 valence electrons. The zero-order valence-electron chi connectivity index (χ0n) is 16.8. The van der Waals surface area contributed by atoms with Crippen LogP contribution in [-0.2, 0) is 30.3 Å².